The maximum atomic E-state index is 11.3. The van der Waals surface area contributed by atoms with Crippen molar-refractivity contribution in [2.45, 2.75) is 45.3 Å². The van der Waals surface area contributed by atoms with Gasteiger partial charge in [-0.25, -0.2) is 9.89 Å². The van der Waals surface area contributed by atoms with Crippen LogP contribution in [0.4, 0.5) is 0 Å². The fourth-order valence-electron chi connectivity index (χ4n) is 4.56. The minimum atomic E-state index is -0.250. The zero-order valence-electron chi connectivity index (χ0n) is 17.8. The SMILES string of the molecule is Cc1cc(C)cc(COCC2(c3ccccc3)CCN(Cc3n[nH]c(=O)[nH]3)CC2)c1. The van der Waals surface area contributed by atoms with E-state index in [2.05, 4.69) is 82.5 Å². The van der Waals surface area contributed by atoms with Crippen LogP contribution in [0.15, 0.2) is 53.3 Å². The first-order valence-corrected chi connectivity index (χ1v) is 10.6. The number of benzene rings is 2. The van der Waals surface area contributed by atoms with Crippen LogP contribution in [0.5, 0.6) is 0 Å². The molecule has 30 heavy (non-hydrogen) atoms. The summed E-state index contributed by atoms with van der Waals surface area (Å²) in [7, 11) is 0. The number of piperidine rings is 1. The highest BCUT2D eigenvalue weighted by Gasteiger charge is 2.36. The third-order valence-corrected chi connectivity index (χ3v) is 6.05. The molecule has 0 radical (unpaired) electrons. The molecular weight excluding hydrogens is 376 g/mol. The van der Waals surface area contributed by atoms with Gasteiger partial charge in [0.25, 0.3) is 0 Å². The van der Waals surface area contributed by atoms with Crippen LogP contribution < -0.4 is 5.69 Å². The van der Waals surface area contributed by atoms with Gasteiger partial charge in [-0.05, 0) is 50.9 Å². The summed E-state index contributed by atoms with van der Waals surface area (Å²) >= 11 is 0. The molecule has 2 heterocycles. The van der Waals surface area contributed by atoms with Gasteiger partial charge < -0.3 is 4.74 Å². The van der Waals surface area contributed by atoms with E-state index in [9.17, 15) is 4.79 Å². The molecule has 1 aliphatic rings. The number of rotatable bonds is 7. The third-order valence-electron chi connectivity index (χ3n) is 6.05. The number of ether oxygens (including phenoxy) is 1. The van der Waals surface area contributed by atoms with Crippen LogP contribution in [0.2, 0.25) is 0 Å². The van der Waals surface area contributed by atoms with Gasteiger partial charge in [-0.1, -0.05) is 59.7 Å². The monoisotopic (exact) mass is 406 g/mol. The molecule has 2 aromatic carbocycles. The molecule has 3 aromatic rings. The normalized spacial score (nSPS) is 16.6. The molecule has 0 atom stereocenters. The van der Waals surface area contributed by atoms with Crippen LogP contribution in [0.25, 0.3) is 0 Å². The fraction of sp³-hybridized carbons (Fsp3) is 0.417. The number of aromatic amines is 2. The van der Waals surface area contributed by atoms with E-state index in [1.807, 2.05) is 0 Å². The average molecular weight is 407 g/mol. The molecule has 1 saturated heterocycles. The summed E-state index contributed by atoms with van der Waals surface area (Å²) < 4.78 is 6.30. The molecule has 1 fully saturated rings. The molecule has 0 unspecified atom stereocenters. The van der Waals surface area contributed by atoms with E-state index in [4.69, 9.17) is 4.74 Å². The Morgan fingerprint density at radius 3 is 2.40 bits per heavy atom. The minimum absolute atomic E-state index is 0.00954. The van der Waals surface area contributed by atoms with Gasteiger partial charge in [0.1, 0.15) is 5.82 Å². The van der Waals surface area contributed by atoms with E-state index in [1.165, 1.54) is 22.3 Å². The van der Waals surface area contributed by atoms with Gasteiger partial charge in [0.15, 0.2) is 0 Å². The lowest BCUT2D eigenvalue weighted by atomic mass is 9.73. The molecule has 0 saturated carbocycles. The van der Waals surface area contributed by atoms with Crippen LogP contribution in [-0.2, 0) is 23.3 Å². The molecule has 6 nitrogen and oxygen atoms in total. The van der Waals surface area contributed by atoms with Gasteiger partial charge in [-0.15, -0.1) is 0 Å². The summed E-state index contributed by atoms with van der Waals surface area (Å²) in [5.41, 5.74) is 4.89. The number of nitrogens with one attached hydrogen (secondary N) is 2. The molecule has 0 amide bonds. The van der Waals surface area contributed by atoms with Gasteiger partial charge in [0.05, 0.1) is 19.8 Å². The highest BCUT2D eigenvalue weighted by atomic mass is 16.5. The minimum Gasteiger partial charge on any atom is -0.376 e. The molecule has 6 heteroatoms. The molecule has 0 spiro atoms. The lowest BCUT2D eigenvalue weighted by Gasteiger charge is -2.42. The lowest BCUT2D eigenvalue weighted by molar-refractivity contribution is 0.0341. The second-order valence-electron chi connectivity index (χ2n) is 8.54. The Bertz CT molecular complexity index is 997. The van der Waals surface area contributed by atoms with E-state index in [1.54, 1.807) is 0 Å². The van der Waals surface area contributed by atoms with Crippen molar-refractivity contribution in [2.75, 3.05) is 19.7 Å². The highest BCUT2D eigenvalue weighted by Crippen LogP contribution is 2.36. The summed E-state index contributed by atoms with van der Waals surface area (Å²) in [5, 5.41) is 6.49. The summed E-state index contributed by atoms with van der Waals surface area (Å²) in [6.45, 7) is 8.14. The Hall–Kier alpha value is -2.70. The number of H-pyrrole nitrogens is 2. The van der Waals surface area contributed by atoms with Gasteiger partial charge in [-0.2, -0.15) is 5.10 Å². The van der Waals surface area contributed by atoms with Crippen LogP contribution in [0.1, 0.15) is 40.9 Å². The quantitative estimate of drug-likeness (QED) is 0.630. The summed E-state index contributed by atoms with van der Waals surface area (Å²) in [5.74, 6) is 0.693. The van der Waals surface area contributed by atoms with Crippen molar-refractivity contribution in [3.05, 3.63) is 87.1 Å². The molecule has 1 aliphatic heterocycles. The Morgan fingerprint density at radius 2 is 1.77 bits per heavy atom. The first kappa shape index (κ1) is 20.6. The second kappa shape index (κ2) is 8.98. The van der Waals surface area contributed by atoms with Gasteiger partial charge in [-0.3, -0.25) is 9.88 Å². The van der Waals surface area contributed by atoms with E-state index in [-0.39, 0.29) is 11.1 Å². The van der Waals surface area contributed by atoms with Crippen molar-refractivity contribution < 1.29 is 4.74 Å². The van der Waals surface area contributed by atoms with Crippen molar-refractivity contribution in [1.82, 2.24) is 20.1 Å². The number of likely N-dealkylation sites (tertiary alicyclic amines) is 1. The average Bonchev–Trinajstić information content (AvgIpc) is 3.14. The predicted molar refractivity (Wildman–Crippen MR) is 117 cm³/mol. The van der Waals surface area contributed by atoms with Crippen molar-refractivity contribution in [1.29, 1.82) is 0 Å². The number of nitrogens with zero attached hydrogens (tertiary/aromatic N) is 2. The lowest BCUT2D eigenvalue weighted by Crippen LogP contribution is -2.45. The molecule has 1 aromatic heterocycles. The highest BCUT2D eigenvalue weighted by molar-refractivity contribution is 5.29. The van der Waals surface area contributed by atoms with Gasteiger partial charge in [0.2, 0.25) is 0 Å². The van der Waals surface area contributed by atoms with Crippen LogP contribution in [0, 0.1) is 13.8 Å². The number of hydrogen-bond donors (Lipinski definition) is 2. The Balaban J connectivity index is 1.43. The molecule has 4 rings (SSSR count). The summed E-state index contributed by atoms with van der Waals surface area (Å²) in [4.78, 5) is 16.4. The molecular formula is C24H30N4O2. The van der Waals surface area contributed by atoms with Crippen molar-refractivity contribution in [3.63, 3.8) is 0 Å². The smallest absolute Gasteiger partial charge is 0.340 e. The maximum absolute atomic E-state index is 11.3. The van der Waals surface area contributed by atoms with Gasteiger partial charge in [0, 0.05) is 5.41 Å². The number of hydrogen-bond acceptors (Lipinski definition) is 4. The second-order valence-corrected chi connectivity index (χ2v) is 8.54. The maximum Gasteiger partial charge on any atom is 0.340 e. The zero-order valence-corrected chi connectivity index (χ0v) is 17.8. The number of aromatic nitrogens is 3. The number of aryl methyl sites for hydroxylation is 2. The van der Waals surface area contributed by atoms with Crippen molar-refractivity contribution >= 4 is 0 Å². The standard InChI is InChI=1S/C24H30N4O2/c1-18-12-19(2)14-20(13-18)16-30-17-24(21-6-4-3-5-7-21)8-10-28(11-9-24)15-22-25-23(29)27-26-22/h3-7,12-14H,8-11,15-17H2,1-2H3,(H2,25,26,27,29). The largest absolute Gasteiger partial charge is 0.376 e. The van der Waals surface area contributed by atoms with E-state index >= 15 is 0 Å². The topological polar surface area (TPSA) is 74.0 Å². The molecule has 0 bridgehead atoms. The summed E-state index contributed by atoms with van der Waals surface area (Å²) in [6, 6.07) is 17.3. The van der Waals surface area contributed by atoms with E-state index < -0.39 is 0 Å². The third kappa shape index (κ3) is 4.89. The van der Waals surface area contributed by atoms with Crippen LogP contribution in [0.3, 0.4) is 0 Å². The summed E-state index contributed by atoms with van der Waals surface area (Å²) in [6.07, 6.45) is 2.02. The van der Waals surface area contributed by atoms with E-state index in [0.717, 1.165) is 25.9 Å². The van der Waals surface area contributed by atoms with Crippen molar-refractivity contribution in [2.24, 2.45) is 0 Å². The van der Waals surface area contributed by atoms with E-state index in [0.29, 0.717) is 25.6 Å². The Morgan fingerprint density at radius 1 is 1.07 bits per heavy atom. The molecule has 0 aliphatic carbocycles. The van der Waals surface area contributed by atoms with Crippen molar-refractivity contribution in [3.8, 4) is 0 Å². The first-order valence-electron chi connectivity index (χ1n) is 10.6. The van der Waals surface area contributed by atoms with Crippen LogP contribution >= 0.6 is 0 Å². The Kier molecular flexibility index (Phi) is 6.16. The zero-order chi connectivity index (χ0) is 21.0. The van der Waals surface area contributed by atoms with Crippen LogP contribution in [-0.4, -0.2) is 39.8 Å². The van der Waals surface area contributed by atoms with Gasteiger partial charge >= 0.3 is 5.69 Å². The first-order chi connectivity index (χ1) is 14.5. The molecule has 2 N–H and O–H groups in total. The molecule has 158 valence electrons. The predicted octanol–water partition coefficient (Wildman–Crippen LogP) is 3.47. The Labute approximate surface area is 177 Å². The fourth-order valence-corrected chi connectivity index (χ4v) is 4.56.